The van der Waals surface area contributed by atoms with Crippen LogP contribution >= 0.6 is 23.4 Å². The lowest BCUT2D eigenvalue weighted by atomic mass is 10.1. The molecule has 16 heavy (non-hydrogen) atoms. The van der Waals surface area contributed by atoms with Gasteiger partial charge >= 0.3 is 0 Å². The highest BCUT2D eigenvalue weighted by atomic mass is 35.5. The van der Waals surface area contributed by atoms with Gasteiger partial charge in [0.25, 0.3) is 0 Å². The Labute approximate surface area is 106 Å². The van der Waals surface area contributed by atoms with Gasteiger partial charge in [-0.2, -0.15) is 5.26 Å². The normalized spacial score (nSPS) is 18.2. The zero-order valence-electron chi connectivity index (χ0n) is 9.03. The molecule has 1 nitrogen and oxygen atoms in total. The Morgan fingerprint density at radius 3 is 2.62 bits per heavy atom. The van der Waals surface area contributed by atoms with Crippen LogP contribution in [-0.4, -0.2) is 5.25 Å². The summed E-state index contributed by atoms with van der Waals surface area (Å²) in [6, 6.07) is 10.2. The van der Waals surface area contributed by atoms with Crippen LogP contribution in [0.25, 0.3) is 0 Å². The Kier molecular flexibility index (Phi) is 4.15. The third-order valence-corrected chi connectivity index (χ3v) is 4.84. The predicted octanol–water partition coefficient (Wildman–Crippen LogP) is 4.51. The van der Waals surface area contributed by atoms with Crippen LogP contribution in [0.1, 0.15) is 25.7 Å². The lowest BCUT2D eigenvalue weighted by molar-refractivity contribution is 0.575. The molecule has 1 unspecified atom stereocenters. The molecule has 0 radical (unpaired) electrons. The molecule has 0 aromatic heterocycles. The van der Waals surface area contributed by atoms with Crippen LogP contribution < -0.4 is 0 Å². The van der Waals surface area contributed by atoms with Gasteiger partial charge in [0.05, 0.1) is 16.3 Å². The third-order valence-electron chi connectivity index (χ3n) is 3.05. The van der Waals surface area contributed by atoms with Crippen molar-refractivity contribution in [3.8, 4) is 6.07 Å². The number of rotatable bonds is 3. The van der Waals surface area contributed by atoms with Crippen LogP contribution in [0.4, 0.5) is 0 Å². The van der Waals surface area contributed by atoms with E-state index in [-0.39, 0.29) is 5.25 Å². The first-order valence-electron chi connectivity index (χ1n) is 5.62. The summed E-state index contributed by atoms with van der Waals surface area (Å²) in [7, 11) is 0. The van der Waals surface area contributed by atoms with E-state index in [1.54, 1.807) is 11.8 Å². The number of benzene rings is 1. The van der Waals surface area contributed by atoms with Crippen molar-refractivity contribution in [1.82, 2.24) is 0 Å². The maximum absolute atomic E-state index is 9.22. The molecule has 1 fully saturated rings. The molecule has 1 atom stereocenters. The molecule has 1 saturated carbocycles. The number of nitrogens with zero attached hydrogens (tertiary/aromatic N) is 1. The molecule has 0 aliphatic heterocycles. The molecule has 1 aliphatic rings. The van der Waals surface area contributed by atoms with Crippen LogP contribution in [0.2, 0.25) is 5.02 Å². The first-order chi connectivity index (χ1) is 7.81. The van der Waals surface area contributed by atoms with Gasteiger partial charge in [-0.15, -0.1) is 11.8 Å². The fraction of sp³-hybridized carbons (Fsp3) is 0.462. The van der Waals surface area contributed by atoms with Gasteiger partial charge < -0.3 is 0 Å². The highest BCUT2D eigenvalue weighted by Gasteiger charge is 2.26. The second-order valence-corrected chi connectivity index (χ2v) is 5.73. The average molecular weight is 252 g/mol. The molecule has 2 rings (SSSR count). The van der Waals surface area contributed by atoms with Crippen molar-refractivity contribution >= 4 is 23.4 Å². The molecular weight excluding hydrogens is 238 g/mol. The van der Waals surface area contributed by atoms with E-state index in [1.807, 2.05) is 24.3 Å². The van der Waals surface area contributed by atoms with Gasteiger partial charge in [0.2, 0.25) is 0 Å². The van der Waals surface area contributed by atoms with Crippen LogP contribution in [-0.2, 0) is 0 Å². The lowest BCUT2D eigenvalue weighted by Crippen LogP contribution is -2.11. The Bertz CT molecular complexity index is 393. The number of thioether (sulfide) groups is 1. The summed E-state index contributed by atoms with van der Waals surface area (Å²) in [5, 5.41) is 10.0. The molecule has 0 N–H and O–H groups in total. The molecule has 1 aromatic rings. The van der Waals surface area contributed by atoms with Gasteiger partial charge in [-0.05, 0) is 30.9 Å². The van der Waals surface area contributed by atoms with Gasteiger partial charge in [0.1, 0.15) is 0 Å². The smallest absolute Gasteiger partial charge is 0.0992 e. The Hall–Kier alpha value is -0.650. The maximum Gasteiger partial charge on any atom is 0.0992 e. The zero-order valence-corrected chi connectivity index (χ0v) is 10.6. The summed E-state index contributed by atoms with van der Waals surface area (Å²) < 4.78 is 0. The van der Waals surface area contributed by atoms with Crippen LogP contribution in [0, 0.1) is 17.2 Å². The molecule has 0 heterocycles. The SMILES string of the molecule is N#CC(Sc1ccccc1Cl)C1CCCC1. The molecule has 0 saturated heterocycles. The lowest BCUT2D eigenvalue weighted by Gasteiger charge is -2.16. The molecule has 3 heteroatoms. The second kappa shape index (κ2) is 5.61. The summed E-state index contributed by atoms with van der Waals surface area (Å²) in [5.74, 6) is 0.547. The van der Waals surface area contributed by atoms with Gasteiger partial charge in [0.15, 0.2) is 0 Å². The summed E-state index contributed by atoms with van der Waals surface area (Å²) in [6.07, 6.45) is 4.92. The topological polar surface area (TPSA) is 23.8 Å². The van der Waals surface area contributed by atoms with Crippen molar-refractivity contribution in [2.75, 3.05) is 0 Å². The highest BCUT2D eigenvalue weighted by molar-refractivity contribution is 8.00. The van der Waals surface area contributed by atoms with Crippen molar-refractivity contribution in [2.45, 2.75) is 35.8 Å². The molecule has 1 aliphatic carbocycles. The van der Waals surface area contributed by atoms with E-state index in [0.717, 1.165) is 9.92 Å². The van der Waals surface area contributed by atoms with E-state index in [9.17, 15) is 5.26 Å². The summed E-state index contributed by atoms with van der Waals surface area (Å²) >= 11 is 7.72. The number of hydrogen-bond acceptors (Lipinski definition) is 2. The van der Waals surface area contributed by atoms with E-state index in [4.69, 9.17) is 11.6 Å². The minimum atomic E-state index is 0.0578. The number of nitriles is 1. The van der Waals surface area contributed by atoms with Gasteiger partial charge in [-0.1, -0.05) is 36.6 Å². The quantitative estimate of drug-likeness (QED) is 0.738. The Morgan fingerprint density at radius 1 is 1.31 bits per heavy atom. The molecule has 1 aromatic carbocycles. The first kappa shape index (κ1) is 11.8. The predicted molar refractivity (Wildman–Crippen MR) is 68.7 cm³/mol. The van der Waals surface area contributed by atoms with E-state index in [0.29, 0.717) is 5.92 Å². The molecular formula is C13H14ClNS. The Balaban J connectivity index is 2.07. The summed E-state index contributed by atoms with van der Waals surface area (Å²) in [5.41, 5.74) is 0. The standard InChI is InChI=1S/C13H14ClNS/c14-11-7-3-4-8-12(11)16-13(9-15)10-5-1-2-6-10/h3-4,7-8,10,13H,1-2,5-6H2. The maximum atomic E-state index is 9.22. The van der Waals surface area contributed by atoms with Gasteiger partial charge in [0, 0.05) is 4.90 Å². The monoisotopic (exact) mass is 251 g/mol. The van der Waals surface area contributed by atoms with Crippen molar-refractivity contribution in [3.63, 3.8) is 0 Å². The second-order valence-electron chi connectivity index (χ2n) is 4.14. The van der Waals surface area contributed by atoms with Crippen molar-refractivity contribution in [1.29, 1.82) is 5.26 Å². The zero-order chi connectivity index (χ0) is 11.4. The Morgan fingerprint density at radius 2 is 2.00 bits per heavy atom. The van der Waals surface area contributed by atoms with Gasteiger partial charge in [-0.25, -0.2) is 0 Å². The average Bonchev–Trinajstić information content (AvgIpc) is 2.81. The highest BCUT2D eigenvalue weighted by Crippen LogP contribution is 2.38. The van der Waals surface area contributed by atoms with Gasteiger partial charge in [-0.3, -0.25) is 0 Å². The van der Waals surface area contributed by atoms with Crippen molar-refractivity contribution in [3.05, 3.63) is 29.3 Å². The fourth-order valence-corrected chi connectivity index (χ4v) is 3.56. The molecule has 0 amide bonds. The van der Waals surface area contributed by atoms with Crippen LogP contribution in [0.3, 0.4) is 0 Å². The van der Waals surface area contributed by atoms with Crippen LogP contribution in [0.15, 0.2) is 29.2 Å². The largest absolute Gasteiger partial charge is 0.197 e. The third kappa shape index (κ3) is 2.72. The molecule has 84 valence electrons. The van der Waals surface area contributed by atoms with Crippen LogP contribution in [0.5, 0.6) is 0 Å². The first-order valence-corrected chi connectivity index (χ1v) is 6.88. The number of hydrogen-bond donors (Lipinski definition) is 0. The van der Waals surface area contributed by atoms with E-state index in [2.05, 4.69) is 6.07 Å². The number of halogens is 1. The minimum absolute atomic E-state index is 0.0578. The van der Waals surface area contributed by atoms with E-state index in [1.165, 1.54) is 25.7 Å². The minimum Gasteiger partial charge on any atom is -0.197 e. The fourth-order valence-electron chi connectivity index (χ4n) is 2.17. The van der Waals surface area contributed by atoms with Crippen molar-refractivity contribution < 1.29 is 0 Å². The van der Waals surface area contributed by atoms with Crippen molar-refractivity contribution in [2.24, 2.45) is 5.92 Å². The van der Waals surface area contributed by atoms with E-state index >= 15 is 0 Å². The molecule has 0 bridgehead atoms. The molecule has 0 spiro atoms. The van der Waals surface area contributed by atoms with E-state index < -0.39 is 0 Å². The summed E-state index contributed by atoms with van der Waals surface area (Å²) in [6.45, 7) is 0. The summed E-state index contributed by atoms with van der Waals surface area (Å²) in [4.78, 5) is 1.03.